The summed E-state index contributed by atoms with van der Waals surface area (Å²) in [6, 6.07) is 9.58. The Morgan fingerprint density at radius 1 is 1.11 bits per heavy atom. The van der Waals surface area contributed by atoms with E-state index in [2.05, 4.69) is 57.3 Å². The molecule has 0 saturated heterocycles. The lowest BCUT2D eigenvalue weighted by molar-refractivity contribution is 0.537. The van der Waals surface area contributed by atoms with Gasteiger partial charge in [0.1, 0.15) is 0 Å². The van der Waals surface area contributed by atoms with Crippen LogP contribution in [0.1, 0.15) is 52.1 Å². The molecule has 0 amide bonds. The van der Waals surface area contributed by atoms with Gasteiger partial charge in [-0.1, -0.05) is 39.8 Å². The molecule has 1 aromatic carbocycles. The molecule has 1 aromatic rings. The van der Waals surface area contributed by atoms with Gasteiger partial charge in [-0.15, -0.1) is 11.8 Å². The lowest BCUT2D eigenvalue weighted by atomic mass is 10.1. The maximum absolute atomic E-state index is 3.52. The molecular weight excluding hydrogens is 238 g/mol. The molecule has 1 atom stereocenters. The van der Waals surface area contributed by atoms with E-state index in [9.17, 15) is 0 Å². The zero-order valence-electron chi connectivity index (χ0n) is 12.2. The molecule has 2 heteroatoms. The fourth-order valence-electron chi connectivity index (χ4n) is 1.95. The highest BCUT2D eigenvalue weighted by Crippen LogP contribution is 2.23. The average Bonchev–Trinajstić information content (AvgIpc) is 2.36. The van der Waals surface area contributed by atoms with Crippen molar-refractivity contribution in [3.05, 3.63) is 29.8 Å². The second kappa shape index (κ2) is 8.60. The fraction of sp³-hybridized carbons (Fsp3) is 0.625. The summed E-state index contributed by atoms with van der Waals surface area (Å²) < 4.78 is 0. The van der Waals surface area contributed by atoms with Crippen molar-refractivity contribution in [2.45, 2.75) is 51.5 Å². The van der Waals surface area contributed by atoms with Gasteiger partial charge in [0.05, 0.1) is 0 Å². The van der Waals surface area contributed by atoms with E-state index in [1.165, 1.54) is 22.6 Å². The van der Waals surface area contributed by atoms with Crippen LogP contribution in [0.5, 0.6) is 0 Å². The Balaban J connectivity index is 2.50. The summed E-state index contributed by atoms with van der Waals surface area (Å²) in [6.07, 6.45) is 2.44. The van der Waals surface area contributed by atoms with Crippen molar-refractivity contribution in [1.82, 2.24) is 5.32 Å². The van der Waals surface area contributed by atoms with Crippen molar-refractivity contribution in [2.75, 3.05) is 12.3 Å². The standard InChI is InChI=1S/C16H27NS/c1-5-16(17-6-2)14-7-9-15(10-8-14)18-12-11-13(3)4/h7-10,13,16-17H,5-6,11-12H2,1-4H3. The predicted molar refractivity (Wildman–Crippen MR) is 83.3 cm³/mol. The largest absolute Gasteiger partial charge is 0.310 e. The van der Waals surface area contributed by atoms with Gasteiger partial charge in [0, 0.05) is 10.9 Å². The summed E-state index contributed by atoms with van der Waals surface area (Å²) in [5.41, 5.74) is 1.41. The van der Waals surface area contributed by atoms with Crippen molar-refractivity contribution in [3.8, 4) is 0 Å². The normalized spacial score (nSPS) is 12.9. The summed E-state index contributed by atoms with van der Waals surface area (Å²) in [4.78, 5) is 1.39. The van der Waals surface area contributed by atoms with E-state index in [0.717, 1.165) is 18.9 Å². The van der Waals surface area contributed by atoms with E-state index in [1.807, 2.05) is 11.8 Å². The van der Waals surface area contributed by atoms with E-state index < -0.39 is 0 Å². The maximum atomic E-state index is 3.52. The molecule has 0 aliphatic heterocycles. The highest BCUT2D eigenvalue weighted by atomic mass is 32.2. The molecule has 0 aliphatic rings. The zero-order chi connectivity index (χ0) is 13.4. The van der Waals surface area contributed by atoms with Crippen molar-refractivity contribution < 1.29 is 0 Å². The van der Waals surface area contributed by atoms with E-state index in [4.69, 9.17) is 0 Å². The minimum absolute atomic E-state index is 0.504. The van der Waals surface area contributed by atoms with Gasteiger partial charge in [-0.2, -0.15) is 0 Å². The van der Waals surface area contributed by atoms with Crippen molar-refractivity contribution in [3.63, 3.8) is 0 Å². The first kappa shape index (κ1) is 15.6. The minimum Gasteiger partial charge on any atom is -0.310 e. The van der Waals surface area contributed by atoms with Crippen LogP contribution >= 0.6 is 11.8 Å². The first-order valence-electron chi connectivity index (χ1n) is 7.13. The number of rotatable bonds is 8. The molecule has 1 nitrogen and oxygen atoms in total. The topological polar surface area (TPSA) is 12.0 Å². The molecule has 1 rings (SSSR count). The average molecular weight is 265 g/mol. The molecule has 0 saturated carbocycles. The van der Waals surface area contributed by atoms with E-state index in [1.54, 1.807) is 0 Å². The van der Waals surface area contributed by atoms with E-state index in [0.29, 0.717) is 6.04 Å². The molecule has 0 fully saturated rings. The second-order valence-electron chi connectivity index (χ2n) is 5.12. The Kier molecular flexibility index (Phi) is 7.45. The van der Waals surface area contributed by atoms with Crippen LogP contribution in [0.4, 0.5) is 0 Å². The second-order valence-corrected chi connectivity index (χ2v) is 6.29. The highest BCUT2D eigenvalue weighted by molar-refractivity contribution is 7.99. The number of thioether (sulfide) groups is 1. The lowest BCUT2D eigenvalue weighted by Crippen LogP contribution is -2.19. The number of benzene rings is 1. The maximum Gasteiger partial charge on any atom is 0.0317 e. The monoisotopic (exact) mass is 265 g/mol. The minimum atomic E-state index is 0.504. The number of hydrogen-bond donors (Lipinski definition) is 1. The van der Waals surface area contributed by atoms with Gasteiger partial charge < -0.3 is 5.32 Å². The summed E-state index contributed by atoms with van der Waals surface area (Å²) in [7, 11) is 0. The highest BCUT2D eigenvalue weighted by Gasteiger charge is 2.07. The van der Waals surface area contributed by atoms with Crippen LogP contribution in [0, 0.1) is 5.92 Å². The molecule has 0 spiro atoms. The summed E-state index contributed by atoms with van der Waals surface area (Å²) in [6.45, 7) is 10.00. The van der Waals surface area contributed by atoms with E-state index in [-0.39, 0.29) is 0 Å². The molecule has 0 bridgehead atoms. The fourth-order valence-corrected chi connectivity index (χ4v) is 3.11. The molecule has 0 aromatic heterocycles. The smallest absolute Gasteiger partial charge is 0.0317 e. The van der Waals surface area contributed by atoms with Gasteiger partial charge in [-0.05, 0) is 48.8 Å². The van der Waals surface area contributed by atoms with Crippen LogP contribution in [0.25, 0.3) is 0 Å². The van der Waals surface area contributed by atoms with Gasteiger partial charge in [-0.25, -0.2) is 0 Å². The molecule has 0 aliphatic carbocycles. The zero-order valence-corrected chi connectivity index (χ0v) is 13.0. The van der Waals surface area contributed by atoms with Crippen molar-refractivity contribution in [1.29, 1.82) is 0 Å². The van der Waals surface area contributed by atoms with Crippen LogP contribution in [-0.4, -0.2) is 12.3 Å². The Hall–Kier alpha value is -0.470. The Bertz CT molecular complexity index is 318. The van der Waals surface area contributed by atoms with Gasteiger partial charge in [0.25, 0.3) is 0 Å². The van der Waals surface area contributed by atoms with Crippen LogP contribution in [0.15, 0.2) is 29.2 Å². The van der Waals surface area contributed by atoms with Crippen molar-refractivity contribution >= 4 is 11.8 Å². The van der Waals surface area contributed by atoms with Gasteiger partial charge in [-0.3, -0.25) is 0 Å². The third kappa shape index (κ3) is 5.45. The van der Waals surface area contributed by atoms with Gasteiger partial charge >= 0.3 is 0 Å². The summed E-state index contributed by atoms with van der Waals surface area (Å²) >= 11 is 1.97. The Morgan fingerprint density at radius 3 is 2.28 bits per heavy atom. The van der Waals surface area contributed by atoms with Gasteiger partial charge in [0.15, 0.2) is 0 Å². The Labute approximate surface area is 117 Å². The van der Waals surface area contributed by atoms with Crippen molar-refractivity contribution in [2.24, 2.45) is 5.92 Å². The first-order chi connectivity index (χ1) is 8.67. The van der Waals surface area contributed by atoms with Crippen LogP contribution in [0.3, 0.4) is 0 Å². The SMILES string of the molecule is CCNC(CC)c1ccc(SCCC(C)C)cc1. The van der Waals surface area contributed by atoms with Crippen LogP contribution in [0.2, 0.25) is 0 Å². The summed E-state index contributed by atoms with van der Waals surface area (Å²) in [5, 5.41) is 3.52. The Morgan fingerprint density at radius 2 is 1.78 bits per heavy atom. The third-order valence-corrected chi connectivity index (χ3v) is 4.15. The van der Waals surface area contributed by atoms with Gasteiger partial charge in [0.2, 0.25) is 0 Å². The quantitative estimate of drug-likeness (QED) is 0.672. The first-order valence-corrected chi connectivity index (χ1v) is 8.12. The lowest BCUT2D eigenvalue weighted by Gasteiger charge is -2.16. The summed E-state index contributed by atoms with van der Waals surface area (Å²) in [5.74, 6) is 2.02. The molecule has 0 heterocycles. The number of nitrogens with one attached hydrogen (secondary N) is 1. The molecule has 0 radical (unpaired) electrons. The van der Waals surface area contributed by atoms with Crippen LogP contribution in [-0.2, 0) is 0 Å². The third-order valence-electron chi connectivity index (χ3n) is 3.11. The molecule has 1 N–H and O–H groups in total. The molecular formula is C16H27NS. The molecule has 102 valence electrons. The van der Waals surface area contributed by atoms with E-state index >= 15 is 0 Å². The molecule has 1 unspecified atom stereocenters. The van der Waals surface area contributed by atoms with Crippen LogP contribution < -0.4 is 5.32 Å². The number of hydrogen-bond acceptors (Lipinski definition) is 2. The predicted octanol–water partition coefficient (Wildman–Crippen LogP) is 4.89. The molecule has 18 heavy (non-hydrogen) atoms.